The van der Waals surface area contributed by atoms with Gasteiger partial charge in [-0.3, -0.25) is 0 Å². The predicted molar refractivity (Wildman–Crippen MR) is 34.5 cm³/mol. The Bertz CT molecular complexity index is 52.8. The standard InChI is InChI=1S/C7H15N/c1-7-3-5-8(2)6-4-7/h7-8H,2-6H2,1H3. The maximum absolute atomic E-state index is 3.95. The van der Waals surface area contributed by atoms with Crippen LogP contribution in [0.25, 0.3) is 0 Å². The molecule has 0 aliphatic carbocycles. The average molecular weight is 113 g/mol. The molecule has 0 spiro atoms. The molecule has 1 aliphatic heterocycles. The molecule has 0 aromatic carbocycles. The first-order valence-corrected chi connectivity index (χ1v) is 3.45. The summed E-state index contributed by atoms with van der Waals surface area (Å²) in [5, 5.41) is 0. The van der Waals surface area contributed by atoms with Gasteiger partial charge in [0.2, 0.25) is 0 Å². The van der Waals surface area contributed by atoms with Gasteiger partial charge in [0.15, 0.2) is 0 Å². The molecule has 0 unspecified atom stereocenters. The molecular formula is C7H15N. The fourth-order valence-corrected chi connectivity index (χ4v) is 1.17. The van der Waals surface area contributed by atoms with Crippen molar-refractivity contribution in [2.45, 2.75) is 19.8 Å². The van der Waals surface area contributed by atoms with Crippen molar-refractivity contribution in [1.82, 2.24) is 0 Å². The highest BCUT2D eigenvalue weighted by atomic mass is 15.1. The van der Waals surface area contributed by atoms with Crippen LogP contribution in [0.5, 0.6) is 0 Å². The summed E-state index contributed by atoms with van der Waals surface area (Å²) in [6, 6.07) is 0. The van der Waals surface area contributed by atoms with Crippen LogP contribution in [0, 0.1) is 13.0 Å². The molecule has 1 fully saturated rings. The second-order valence-electron chi connectivity index (χ2n) is 2.93. The second-order valence-corrected chi connectivity index (χ2v) is 2.93. The van der Waals surface area contributed by atoms with E-state index in [-0.39, 0.29) is 0 Å². The first-order chi connectivity index (χ1) is 3.79. The molecular weight excluding hydrogens is 98.1 g/mol. The molecule has 1 nitrogen and oxygen atoms in total. The van der Waals surface area contributed by atoms with Crippen molar-refractivity contribution in [3.05, 3.63) is 7.05 Å². The topological polar surface area (TPSA) is 4.44 Å². The van der Waals surface area contributed by atoms with E-state index >= 15 is 0 Å². The molecule has 1 N–H and O–H groups in total. The zero-order valence-corrected chi connectivity index (χ0v) is 5.61. The third-order valence-electron chi connectivity index (χ3n) is 1.98. The van der Waals surface area contributed by atoms with Crippen LogP contribution >= 0.6 is 0 Å². The summed E-state index contributed by atoms with van der Waals surface area (Å²) in [4.78, 5) is 1.46. The van der Waals surface area contributed by atoms with Crippen LogP contribution in [0.15, 0.2) is 0 Å². The van der Waals surface area contributed by atoms with Crippen LogP contribution in [0.3, 0.4) is 0 Å². The lowest BCUT2D eigenvalue weighted by Crippen LogP contribution is -3.08. The van der Waals surface area contributed by atoms with Gasteiger partial charge in [0.25, 0.3) is 0 Å². The summed E-state index contributed by atoms with van der Waals surface area (Å²) in [6.07, 6.45) is 2.75. The molecule has 1 heterocycles. The molecule has 1 rings (SSSR count). The van der Waals surface area contributed by atoms with Gasteiger partial charge >= 0.3 is 0 Å². The van der Waals surface area contributed by atoms with E-state index in [4.69, 9.17) is 0 Å². The number of quaternary nitrogens is 1. The summed E-state index contributed by atoms with van der Waals surface area (Å²) in [6.45, 7) is 4.88. The number of hydrogen-bond acceptors (Lipinski definition) is 0. The van der Waals surface area contributed by atoms with E-state index in [0.717, 1.165) is 5.92 Å². The van der Waals surface area contributed by atoms with E-state index in [1.807, 2.05) is 0 Å². The SMILES string of the molecule is [CH2-][NH+]1CCC(C)CC1. The third-order valence-corrected chi connectivity index (χ3v) is 1.98. The molecule has 0 radical (unpaired) electrons. The van der Waals surface area contributed by atoms with Crippen molar-refractivity contribution in [2.24, 2.45) is 5.92 Å². The van der Waals surface area contributed by atoms with Gasteiger partial charge in [-0.15, -0.1) is 0 Å². The third kappa shape index (κ3) is 1.48. The first kappa shape index (κ1) is 6.09. The maximum Gasteiger partial charge on any atom is 0.0532 e. The van der Waals surface area contributed by atoms with Gasteiger partial charge in [-0.05, 0) is 18.8 Å². The Morgan fingerprint density at radius 2 is 1.88 bits per heavy atom. The average Bonchev–Trinajstić information content (AvgIpc) is 1.77. The fraction of sp³-hybridized carbons (Fsp3) is 0.857. The van der Waals surface area contributed by atoms with Gasteiger partial charge in [-0.25, -0.2) is 0 Å². The van der Waals surface area contributed by atoms with Gasteiger partial charge in [0.05, 0.1) is 13.1 Å². The van der Waals surface area contributed by atoms with Gasteiger partial charge in [0.1, 0.15) is 0 Å². The largest absolute Gasteiger partial charge is 0.468 e. The molecule has 1 heteroatoms. The summed E-state index contributed by atoms with van der Waals surface area (Å²) in [5.41, 5.74) is 0. The minimum atomic E-state index is 0.959. The number of likely N-dealkylation sites (tertiary alicyclic amines) is 1. The number of piperidine rings is 1. The Labute approximate surface area is 51.7 Å². The summed E-state index contributed by atoms with van der Waals surface area (Å²) < 4.78 is 0. The van der Waals surface area contributed by atoms with Crippen molar-refractivity contribution in [1.29, 1.82) is 0 Å². The smallest absolute Gasteiger partial charge is 0.0532 e. The van der Waals surface area contributed by atoms with E-state index in [2.05, 4.69) is 14.0 Å². The van der Waals surface area contributed by atoms with Crippen molar-refractivity contribution >= 4 is 0 Å². The van der Waals surface area contributed by atoms with Crippen LogP contribution in [0.2, 0.25) is 0 Å². The Balaban J connectivity index is 2.19. The zero-order chi connectivity index (χ0) is 5.98. The molecule has 0 atom stereocenters. The van der Waals surface area contributed by atoms with E-state index in [1.165, 1.54) is 30.8 Å². The van der Waals surface area contributed by atoms with Crippen molar-refractivity contribution in [2.75, 3.05) is 13.1 Å². The van der Waals surface area contributed by atoms with Crippen LogP contribution in [-0.4, -0.2) is 13.1 Å². The van der Waals surface area contributed by atoms with E-state index in [9.17, 15) is 0 Å². The molecule has 0 aromatic heterocycles. The summed E-state index contributed by atoms with van der Waals surface area (Å²) >= 11 is 0. The number of hydrogen-bond donors (Lipinski definition) is 1. The van der Waals surface area contributed by atoms with Crippen LogP contribution < -0.4 is 4.90 Å². The maximum atomic E-state index is 3.95. The van der Waals surface area contributed by atoms with Crippen molar-refractivity contribution < 1.29 is 4.90 Å². The molecule has 1 saturated heterocycles. The lowest BCUT2D eigenvalue weighted by atomic mass is 10.00. The second kappa shape index (κ2) is 2.49. The lowest BCUT2D eigenvalue weighted by Gasteiger charge is -2.28. The predicted octanol–water partition coefficient (Wildman–Crippen LogP) is 0.0928. The number of rotatable bonds is 0. The van der Waals surface area contributed by atoms with E-state index in [1.54, 1.807) is 0 Å². The van der Waals surface area contributed by atoms with Crippen molar-refractivity contribution in [3.8, 4) is 0 Å². The molecule has 0 saturated carbocycles. The number of nitrogens with one attached hydrogen (secondary N) is 1. The molecule has 0 aromatic rings. The minimum Gasteiger partial charge on any atom is -0.468 e. The van der Waals surface area contributed by atoms with Crippen LogP contribution in [0.4, 0.5) is 0 Å². The quantitative estimate of drug-likeness (QED) is 0.425. The molecule has 0 bridgehead atoms. The highest BCUT2D eigenvalue weighted by Gasteiger charge is 2.10. The monoisotopic (exact) mass is 113 g/mol. The van der Waals surface area contributed by atoms with Crippen LogP contribution in [-0.2, 0) is 0 Å². The normalized spacial score (nSPS) is 39.8. The molecule has 48 valence electrons. The van der Waals surface area contributed by atoms with Gasteiger partial charge in [-0.1, -0.05) is 6.92 Å². The minimum absolute atomic E-state index is 0.959. The highest BCUT2D eigenvalue weighted by molar-refractivity contribution is 4.54. The van der Waals surface area contributed by atoms with Crippen LogP contribution in [0.1, 0.15) is 19.8 Å². The van der Waals surface area contributed by atoms with E-state index < -0.39 is 0 Å². The summed E-state index contributed by atoms with van der Waals surface area (Å²) in [7, 11) is 3.95. The van der Waals surface area contributed by atoms with Crippen molar-refractivity contribution in [3.63, 3.8) is 0 Å². The molecule has 1 aliphatic rings. The Hall–Kier alpha value is -0.0400. The highest BCUT2D eigenvalue weighted by Crippen LogP contribution is 2.05. The Morgan fingerprint density at radius 1 is 1.38 bits per heavy atom. The fourth-order valence-electron chi connectivity index (χ4n) is 1.17. The molecule has 8 heavy (non-hydrogen) atoms. The first-order valence-electron chi connectivity index (χ1n) is 3.45. The van der Waals surface area contributed by atoms with E-state index in [0.29, 0.717) is 0 Å². The zero-order valence-electron chi connectivity index (χ0n) is 5.61. The van der Waals surface area contributed by atoms with Gasteiger partial charge in [-0.2, -0.15) is 7.05 Å². The van der Waals surface area contributed by atoms with Gasteiger partial charge < -0.3 is 4.90 Å². The Kier molecular flexibility index (Phi) is 1.90. The summed E-state index contributed by atoms with van der Waals surface area (Å²) in [5.74, 6) is 0.959. The lowest BCUT2D eigenvalue weighted by molar-refractivity contribution is -0.860. The van der Waals surface area contributed by atoms with Gasteiger partial charge in [0, 0.05) is 0 Å². The molecule has 0 amide bonds. The Morgan fingerprint density at radius 3 is 2.25 bits per heavy atom.